The molecular formula is C19H15F2N5O. The molecule has 1 aromatic carbocycles. The van der Waals surface area contributed by atoms with Crippen LogP contribution in [0.2, 0.25) is 0 Å². The SMILES string of the molecule is FC(F)Oc1ccccc1CNc1ccc2ncc(-c3ccncc3)n2n1. The van der Waals surface area contributed by atoms with Gasteiger partial charge in [-0.25, -0.2) is 9.50 Å². The fourth-order valence-electron chi connectivity index (χ4n) is 2.73. The van der Waals surface area contributed by atoms with Gasteiger partial charge in [0.1, 0.15) is 11.6 Å². The minimum Gasteiger partial charge on any atom is -0.434 e. The molecule has 3 aromatic heterocycles. The summed E-state index contributed by atoms with van der Waals surface area (Å²) >= 11 is 0. The highest BCUT2D eigenvalue weighted by Gasteiger charge is 2.10. The highest BCUT2D eigenvalue weighted by Crippen LogP contribution is 2.22. The zero-order valence-corrected chi connectivity index (χ0v) is 14.1. The maximum Gasteiger partial charge on any atom is 0.387 e. The van der Waals surface area contributed by atoms with Gasteiger partial charge in [0.15, 0.2) is 5.65 Å². The van der Waals surface area contributed by atoms with Crippen molar-refractivity contribution in [2.24, 2.45) is 0 Å². The number of pyridine rings is 1. The first kappa shape index (κ1) is 16.9. The number of benzene rings is 1. The summed E-state index contributed by atoms with van der Waals surface area (Å²) in [5, 5.41) is 7.69. The second kappa shape index (κ2) is 7.36. The number of aromatic nitrogens is 4. The summed E-state index contributed by atoms with van der Waals surface area (Å²) in [4.78, 5) is 8.37. The quantitative estimate of drug-likeness (QED) is 0.558. The van der Waals surface area contributed by atoms with Gasteiger partial charge in [-0.1, -0.05) is 18.2 Å². The standard InChI is InChI=1S/C19H15F2N5O/c20-19(21)27-16-4-2-1-3-14(16)11-23-17-5-6-18-24-12-15(26(18)25-17)13-7-9-22-10-8-13/h1-10,12,19H,11H2,(H,23,25). The first-order valence-electron chi connectivity index (χ1n) is 8.22. The molecule has 0 aliphatic rings. The molecule has 8 heteroatoms. The lowest BCUT2D eigenvalue weighted by Crippen LogP contribution is -2.08. The number of hydrogen-bond acceptors (Lipinski definition) is 5. The van der Waals surface area contributed by atoms with Crippen LogP contribution < -0.4 is 10.1 Å². The topological polar surface area (TPSA) is 64.3 Å². The Balaban J connectivity index is 1.59. The van der Waals surface area contributed by atoms with E-state index in [2.05, 4.69) is 25.1 Å². The first-order chi connectivity index (χ1) is 13.2. The second-order valence-corrected chi connectivity index (χ2v) is 5.71. The van der Waals surface area contributed by atoms with Gasteiger partial charge in [0.2, 0.25) is 0 Å². The van der Waals surface area contributed by atoms with Crippen LogP contribution in [-0.2, 0) is 6.54 Å². The Kier molecular flexibility index (Phi) is 4.61. The molecule has 1 N–H and O–H groups in total. The summed E-state index contributed by atoms with van der Waals surface area (Å²) in [6, 6.07) is 14.0. The molecular weight excluding hydrogens is 352 g/mol. The van der Waals surface area contributed by atoms with E-state index >= 15 is 0 Å². The highest BCUT2D eigenvalue weighted by molar-refractivity contribution is 5.63. The van der Waals surface area contributed by atoms with Gasteiger partial charge in [0.05, 0.1) is 11.9 Å². The van der Waals surface area contributed by atoms with Crippen LogP contribution >= 0.6 is 0 Å². The van der Waals surface area contributed by atoms with Crippen molar-refractivity contribution >= 4 is 11.5 Å². The number of hydrogen-bond donors (Lipinski definition) is 1. The van der Waals surface area contributed by atoms with Crippen LogP contribution in [0.3, 0.4) is 0 Å². The van der Waals surface area contributed by atoms with Crippen molar-refractivity contribution in [1.29, 1.82) is 0 Å². The molecule has 0 unspecified atom stereocenters. The normalized spacial score (nSPS) is 11.1. The largest absolute Gasteiger partial charge is 0.434 e. The van der Waals surface area contributed by atoms with Gasteiger partial charge < -0.3 is 10.1 Å². The number of para-hydroxylation sites is 1. The van der Waals surface area contributed by atoms with E-state index in [0.717, 1.165) is 11.3 Å². The average molecular weight is 367 g/mol. The first-order valence-corrected chi connectivity index (χ1v) is 8.22. The Morgan fingerprint density at radius 1 is 1.04 bits per heavy atom. The molecule has 4 aromatic rings. The lowest BCUT2D eigenvalue weighted by Gasteiger charge is -2.12. The molecule has 27 heavy (non-hydrogen) atoms. The third kappa shape index (κ3) is 3.69. The number of nitrogens with one attached hydrogen (secondary N) is 1. The number of rotatable bonds is 6. The molecule has 0 saturated carbocycles. The van der Waals surface area contributed by atoms with E-state index in [0.29, 0.717) is 23.6 Å². The highest BCUT2D eigenvalue weighted by atomic mass is 19.3. The minimum atomic E-state index is -2.87. The molecule has 0 radical (unpaired) electrons. The van der Waals surface area contributed by atoms with Crippen molar-refractivity contribution in [3.8, 4) is 17.0 Å². The molecule has 136 valence electrons. The van der Waals surface area contributed by atoms with E-state index in [1.54, 1.807) is 47.4 Å². The van der Waals surface area contributed by atoms with Crippen molar-refractivity contribution < 1.29 is 13.5 Å². The maximum atomic E-state index is 12.5. The Morgan fingerprint density at radius 2 is 1.85 bits per heavy atom. The summed E-state index contributed by atoms with van der Waals surface area (Å²) in [5.41, 5.74) is 3.09. The molecule has 0 amide bonds. The number of halogens is 2. The smallest absolute Gasteiger partial charge is 0.387 e. The monoisotopic (exact) mass is 367 g/mol. The average Bonchev–Trinajstić information content (AvgIpc) is 3.11. The van der Waals surface area contributed by atoms with Crippen LogP contribution in [-0.4, -0.2) is 26.2 Å². The lowest BCUT2D eigenvalue weighted by molar-refractivity contribution is -0.0504. The number of imidazole rings is 1. The predicted molar refractivity (Wildman–Crippen MR) is 96.6 cm³/mol. The number of alkyl halides is 2. The van der Waals surface area contributed by atoms with Crippen molar-refractivity contribution in [2.75, 3.05) is 5.32 Å². The lowest BCUT2D eigenvalue weighted by atomic mass is 10.2. The van der Waals surface area contributed by atoms with Crippen LogP contribution in [0.5, 0.6) is 5.75 Å². The van der Waals surface area contributed by atoms with Gasteiger partial charge in [-0.3, -0.25) is 4.98 Å². The van der Waals surface area contributed by atoms with E-state index in [1.165, 1.54) is 6.07 Å². The molecule has 0 atom stereocenters. The molecule has 3 heterocycles. The van der Waals surface area contributed by atoms with E-state index in [4.69, 9.17) is 0 Å². The van der Waals surface area contributed by atoms with Crippen molar-refractivity contribution in [2.45, 2.75) is 13.2 Å². The fraction of sp³-hybridized carbons (Fsp3) is 0.105. The number of fused-ring (bicyclic) bond motifs is 1. The van der Waals surface area contributed by atoms with Gasteiger partial charge in [0, 0.05) is 30.1 Å². The fourth-order valence-corrected chi connectivity index (χ4v) is 2.73. The summed E-state index contributed by atoms with van der Waals surface area (Å²) in [6.07, 6.45) is 5.15. The van der Waals surface area contributed by atoms with Crippen LogP contribution in [0.15, 0.2) is 67.1 Å². The van der Waals surface area contributed by atoms with Crippen LogP contribution in [0.1, 0.15) is 5.56 Å². The third-order valence-electron chi connectivity index (χ3n) is 3.99. The Morgan fingerprint density at radius 3 is 2.67 bits per heavy atom. The van der Waals surface area contributed by atoms with E-state index in [1.807, 2.05) is 18.2 Å². The predicted octanol–water partition coefficient (Wildman–Crippen LogP) is 4.00. The van der Waals surface area contributed by atoms with Crippen molar-refractivity contribution in [1.82, 2.24) is 19.6 Å². The Hall–Kier alpha value is -3.55. The van der Waals surface area contributed by atoms with Crippen molar-refractivity contribution in [3.63, 3.8) is 0 Å². The van der Waals surface area contributed by atoms with Crippen molar-refractivity contribution in [3.05, 3.63) is 72.7 Å². The summed E-state index contributed by atoms with van der Waals surface area (Å²) in [5.74, 6) is 0.726. The second-order valence-electron chi connectivity index (χ2n) is 5.71. The summed E-state index contributed by atoms with van der Waals surface area (Å²) in [7, 11) is 0. The molecule has 0 aliphatic carbocycles. The van der Waals surface area contributed by atoms with Gasteiger partial charge in [-0.2, -0.15) is 8.78 Å². The minimum absolute atomic E-state index is 0.140. The van der Waals surface area contributed by atoms with Crippen LogP contribution in [0.25, 0.3) is 16.9 Å². The number of ether oxygens (including phenoxy) is 1. The van der Waals surface area contributed by atoms with Gasteiger partial charge in [0.25, 0.3) is 0 Å². The zero-order valence-electron chi connectivity index (χ0n) is 14.1. The molecule has 0 spiro atoms. The summed E-state index contributed by atoms with van der Waals surface area (Å²) < 4.78 is 31.4. The molecule has 0 saturated heterocycles. The summed E-state index contributed by atoms with van der Waals surface area (Å²) in [6.45, 7) is -2.57. The number of anilines is 1. The van der Waals surface area contributed by atoms with Gasteiger partial charge >= 0.3 is 6.61 Å². The van der Waals surface area contributed by atoms with Crippen LogP contribution in [0.4, 0.5) is 14.6 Å². The molecule has 0 aliphatic heterocycles. The number of nitrogens with zero attached hydrogens (tertiary/aromatic N) is 4. The molecule has 0 bridgehead atoms. The third-order valence-corrected chi connectivity index (χ3v) is 3.99. The Bertz CT molecular complexity index is 1050. The Labute approximate surface area is 153 Å². The maximum absolute atomic E-state index is 12.5. The molecule has 0 fully saturated rings. The van der Waals surface area contributed by atoms with E-state index in [9.17, 15) is 8.78 Å². The van der Waals surface area contributed by atoms with E-state index < -0.39 is 6.61 Å². The van der Waals surface area contributed by atoms with Crippen LogP contribution in [0, 0.1) is 0 Å². The molecule has 6 nitrogen and oxygen atoms in total. The zero-order chi connectivity index (χ0) is 18.6. The molecule has 4 rings (SSSR count). The van der Waals surface area contributed by atoms with E-state index in [-0.39, 0.29) is 5.75 Å². The van der Waals surface area contributed by atoms with Gasteiger partial charge in [-0.05, 0) is 30.3 Å². The van der Waals surface area contributed by atoms with Gasteiger partial charge in [-0.15, -0.1) is 5.10 Å².